The molecule has 0 unspecified atom stereocenters. The first kappa shape index (κ1) is 13.3. The van der Waals surface area contributed by atoms with Crippen LogP contribution in [0.1, 0.15) is 5.56 Å². The van der Waals surface area contributed by atoms with Crippen molar-refractivity contribution in [1.82, 2.24) is 9.97 Å². The maximum absolute atomic E-state index is 13.7. The van der Waals surface area contributed by atoms with Crippen LogP contribution in [0.5, 0.6) is 5.75 Å². The molecule has 1 aromatic heterocycles. The van der Waals surface area contributed by atoms with Crippen LogP contribution in [0, 0.1) is 12.7 Å². The number of aromatic nitrogens is 2. The van der Waals surface area contributed by atoms with Crippen molar-refractivity contribution in [2.45, 2.75) is 6.92 Å². The second-order valence-corrected chi connectivity index (χ2v) is 4.78. The molecule has 21 heavy (non-hydrogen) atoms. The summed E-state index contributed by atoms with van der Waals surface area (Å²) in [6, 6.07) is 10.3. The summed E-state index contributed by atoms with van der Waals surface area (Å²) in [6.07, 6.45) is 0. The molecule has 0 aliphatic heterocycles. The second kappa shape index (κ2) is 5.01. The van der Waals surface area contributed by atoms with Crippen LogP contribution in [-0.4, -0.2) is 17.1 Å². The summed E-state index contributed by atoms with van der Waals surface area (Å²) in [6.45, 7) is 1.71. The quantitative estimate of drug-likeness (QED) is 0.783. The van der Waals surface area contributed by atoms with Crippen LogP contribution in [0.3, 0.4) is 0 Å². The molecule has 0 radical (unpaired) electrons. The molecule has 106 valence electrons. The van der Waals surface area contributed by atoms with E-state index in [4.69, 9.17) is 10.5 Å². The van der Waals surface area contributed by atoms with Crippen LogP contribution in [-0.2, 0) is 0 Å². The highest BCUT2D eigenvalue weighted by molar-refractivity contribution is 5.90. The summed E-state index contributed by atoms with van der Waals surface area (Å²) in [5.74, 6) is 1.15. The average molecular weight is 283 g/mol. The lowest BCUT2D eigenvalue weighted by Crippen LogP contribution is -1.99. The largest absolute Gasteiger partial charge is 0.497 e. The Kier molecular flexibility index (Phi) is 3.17. The number of anilines is 1. The first-order valence-electron chi connectivity index (χ1n) is 6.46. The number of nitrogen functional groups attached to an aromatic ring is 1. The van der Waals surface area contributed by atoms with Gasteiger partial charge in [-0.3, -0.25) is 0 Å². The van der Waals surface area contributed by atoms with Crippen LogP contribution in [0.4, 0.5) is 10.2 Å². The van der Waals surface area contributed by atoms with E-state index in [1.54, 1.807) is 44.4 Å². The van der Waals surface area contributed by atoms with Crippen LogP contribution < -0.4 is 10.5 Å². The van der Waals surface area contributed by atoms with Crippen molar-refractivity contribution in [3.05, 3.63) is 47.8 Å². The zero-order valence-electron chi connectivity index (χ0n) is 11.7. The van der Waals surface area contributed by atoms with Crippen molar-refractivity contribution < 1.29 is 9.13 Å². The monoisotopic (exact) mass is 283 g/mol. The third kappa shape index (κ3) is 2.38. The first-order valence-corrected chi connectivity index (χ1v) is 6.46. The minimum absolute atomic E-state index is 0.288. The fourth-order valence-corrected chi connectivity index (χ4v) is 2.12. The highest BCUT2D eigenvalue weighted by Crippen LogP contribution is 2.27. The van der Waals surface area contributed by atoms with Gasteiger partial charge in [-0.05, 0) is 36.8 Å². The lowest BCUT2D eigenvalue weighted by Gasteiger charge is -2.08. The Morgan fingerprint density at radius 2 is 1.90 bits per heavy atom. The van der Waals surface area contributed by atoms with Gasteiger partial charge < -0.3 is 10.5 Å². The number of ether oxygens (including phenoxy) is 1. The fourth-order valence-electron chi connectivity index (χ4n) is 2.12. The molecular formula is C16H14FN3O. The molecule has 2 N–H and O–H groups in total. The van der Waals surface area contributed by atoms with Crippen molar-refractivity contribution >= 4 is 16.7 Å². The van der Waals surface area contributed by atoms with Gasteiger partial charge in [-0.1, -0.05) is 12.1 Å². The molecular weight excluding hydrogens is 269 g/mol. The van der Waals surface area contributed by atoms with E-state index in [2.05, 4.69) is 9.97 Å². The minimum atomic E-state index is -0.288. The van der Waals surface area contributed by atoms with Crippen LogP contribution in [0.2, 0.25) is 0 Å². The number of nitrogens with two attached hydrogens (primary N) is 1. The molecule has 0 amide bonds. The lowest BCUT2D eigenvalue weighted by atomic mass is 10.1. The van der Waals surface area contributed by atoms with Crippen molar-refractivity contribution in [3.63, 3.8) is 0 Å². The van der Waals surface area contributed by atoms with Gasteiger partial charge in [-0.2, -0.15) is 0 Å². The Hall–Kier alpha value is -2.69. The molecule has 0 saturated carbocycles. The summed E-state index contributed by atoms with van der Waals surface area (Å²) in [4.78, 5) is 8.70. The number of fused-ring (bicyclic) bond motifs is 1. The summed E-state index contributed by atoms with van der Waals surface area (Å²) in [5, 5.41) is 0.714. The third-order valence-electron chi connectivity index (χ3n) is 3.36. The molecule has 3 aromatic rings. The Morgan fingerprint density at radius 3 is 2.62 bits per heavy atom. The fraction of sp³-hybridized carbons (Fsp3) is 0.125. The van der Waals surface area contributed by atoms with Gasteiger partial charge in [0.1, 0.15) is 17.4 Å². The molecule has 5 heteroatoms. The van der Waals surface area contributed by atoms with Crippen molar-refractivity contribution in [2.24, 2.45) is 0 Å². The van der Waals surface area contributed by atoms with E-state index in [-0.39, 0.29) is 5.82 Å². The van der Waals surface area contributed by atoms with E-state index in [0.717, 1.165) is 0 Å². The average Bonchev–Trinajstić information content (AvgIpc) is 2.49. The Labute approximate surface area is 121 Å². The number of benzene rings is 2. The standard InChI is InChI=1S/C16H14FN3O/c1-9-3-4-10(7-13(9)17)16-19-14-6-5-11(21-2)8-12(14)15(18)20-16/h3-8H,1-2H3,(H2,18,19,20). The number of rotatable bonds is 2. The molecule has 0 saturated heterocycles. The number of nitrogens with zero attached hydrogens (tertiary/aromatic N) is 2. The molecule has 2 aromatic carbocycles. The van der Waals surface area contributed by atoms with Gasteiger partial charge in [-0.25, -0.2) is 14.4 Å². The van der Waals surface area contributed by atoms with E-state index < -0.39 is 0 Å². The zero-order valence-corrected chi connectivity index (χ0v) is 11.7. The third-order valence-corrected chi connectivity index (χ3v) is 3.36. The lowest BCUT2D eigenvalue weighted by molar-refractivity contribution is 0.415. The molecule has 0 aliphatic carbocycles. The topological polar surface area (TPSA) is 61.0 Å². The molecule has 0 spiro atoms. The van der Waals surface area contributed by atoms with Gasteiger partial charge in [0.2, 0.25) is 0 Å². The number of methoxy groups -OCH3 is 1. The maximum Gasteiger partial charge on any atom is 0.162 e. The van der Waals surface area contributed by atoms with Crippen molar-refractivity contribution in [1.29, 1.82) is 0 Å². The van der Waals surface area contributed by atoms with Crippen LogP contribution in [0.15, 0.2) is 36.4 Å². The van der Waals surface area contributed by atoms with Gasteiger partial charge in [0.15, 0.2) is 5.82 Å². The van der Waals surface area contributed by atoms with E-state index in [1.165, 1.54) is 6.07 Å². The second-order valence-electron chi connectivity index (χ2n) is 4.78. The molecule has 0 atom stereocenters. The van der Waals surface area contributed by atoms with Crippen LogP contribution in [0.25, 0.3) is 22.3 Å². The predicted molar refractivity (Wildman–Crippen MR) is 80.6 cm³/mol. The van der Waals surface area contributed by atoms with E-state index in [9.17, 15) is 4.39 Å². The summed E-state index contributed by atoms with van der Waals surface area (Å²) in [5.41, 5.74) is 7.86. The zero-order chi connectivity index (χ0) is 15.0. The predicted octanol–water partition coefficient (Wildman–Crippen LogP) is 3.34. The van der Waals surface area contributed by atoms with Crippen LogP contribution >= 0.6 is 0 Å². The maximum atomic E-state index is 13.7. The molecule has 0 aliphatic rings. The summed E-state index contributed by atoms with van der Waals surface area (Å²) in [7, 11) is 1.58. The smallest absolute Gasteiger partial charge is 0.162 e. The molecule has 0 bridgehead atoms. The summed E-state index contributed by atoms with van der Waals surface area (Å²) < 4.78 is 18.8. The SMILES string of the molecule is COc1ccc2nc(-c3ccc(C)c(F)c3)nc(N)c2c1. The van der Waals surface area contributed by atoms with E-state index in [0.29, 0.717) is 39.4 Å². The Balaban J connectivity index is 2.18. The van der Waals surface area contributed by atoms with Crippen molar-refractivity contribution in [3.8, 4) is 17.1 Å². The first-order chi connectivity index (χ1) is 10.1. The number of hydrogen-bond donors (Lipinski definition) is 1. The Morgan fingerprint density at radius 1 is 1.10 bits per heavy atom. The van der Waals surface area contributed by atoms with Gasteiger partial charge in [0, 0.05) is 10.9 Å². The molecule has 0 fully saturated rings. The van der Waals surface area contributed by atoms with Gasteiger partial charge in [-0.15, -0.1) is 0 Å². The number of halogens is 1. The van der Waals surface area contributed by atoms with Gasteiger partial charge in [0.05, 0.1) is 12.6 Å². The number of hydrogen-bond acceptors (Lipinski definition) is 4. The van der Waals surface area contributed by atoms with E-state index >= 15 is 0 Å². The molecule has 1 heterocycles. The molecule has 4 nitrogen and oxygen atoms in total. The van der Waals surface area contributed by atoms with Gasteiger partial charge in [0.25, 0.3) is 0 Å². The highest BCUT2D eigenvalue weighted by atomic mass is 19.1. The normalized spacial score (nSPS) is 10.8. The highest BCUT2D eigenvalue weighted by Gasteiger charge is 2.10. The van der Waals surface area contributed by atoms with Gasteiger partial charge >= 0.3 is 0 Å². The van der Waals surface area contributed by atoms with E-state index in [1.807, 2.05) is 0 Å². The van der Waals surface area contributed by atoms with Crippen molar-refractivity contribution in [2.75, 3.05) is 12.8 Å². The number of aryl methyl sites for hydroxylation is 1. The minimum Gasteiger partial charge on any atom is -0.497 e. The molecule has 3 rings (SSSR count). The Bertz CT molecular complexity index is 833. The summed E-state index contributed by atoms with van der Waals surface area (Å²) >= 11 is 0.